The van der Waals surface area contributed by atoms with Gasteiger partial charge in [-0.3, -0.25) is 4.48 Å². The van der Waals surface area contributed by atoms with E-state index in [1.165, 1.54) is 62.5 Å². The molecule has 1 heterocycles. The maximum atomic E-state index is 2.44. The van der Waals surface area contributed by atoms with Crippen LogP contribution in [0, 0.1) is 0 Å². The van der Waals surface area contributed by atoms with Crippen molar-refractivity contribution >= 4 is 0 Å². The third-order valence-corrected chi connectivity index (χ3v) is 3.84. The highest BCUT2D eigenvalue weighted by molar-refractivity contribution is 5.13. The number of hydrogen-bond donors (Lipinski definition) is 0. The summed E-state index contributed by atoms with van der Waals surface area (Å²) >= 11 is 0. The van der Waals surface area contributed by atoms with Gasteiger partial charge in [-0.2, -0.15) is 0 Å². The largest absolute Gasteiger partial charge is 1.00 e. The molecular weight excluding hydrogens is 242 g/mol. The van der Waals surface area contributed by atoms with E-state index in [0.29, 0.717) is 0 Å². The Kier molecular flexibility index (Phi) is 9.49. The highest BCUT2D eigenvalue weighted by Gasteiger charge is 2.31. The molecule has 0 unspecified atom stereocenters. The second kappa shape index (κ2) is 9.63. The Bertz CT molecular complexity index is 260. The predicted molar refractivity (Wildman–Crippen MR) is 76.6 cm³/mol. The molecular formula is C16H30ClN. The number of unbranched alkanes of at least 4 members (excludes halogenated alkanes) is 3. The zero-order valence-corrected chi connectivity index (χ0v) is 13.2. The van der Waals surface area contributed by atoms with Crippen LogP contribution in [0.4, 0.5) is 0 Å². The van der Waals surface area contributed by atoms with Crippen LogP contribution in [0.25, 0.3) is 0 Å². The van der Waals surface area contributed by atoms with E-state index in [0.717, 1.165) is 0 Å². The normalized spacial score (nSPS) is 16.5. The number of quaternary nitrogens is 1. The van der Waals surface area contributed by atoms with Gasteiger partial charge in [0.2, 0.25) is 0 Å². The second-order valence-electron chi connectivity index (χ2n) is 5.29. The lowest BCUT2D eigenvalue weighted by atomic mass is 10.1. The highest BCUT2D eigenvalue weighted by Crippen LogP contribution is 2.30. The van der Waals surface area contributed by atoms with Crippen molar-refractivity contribution in [3.63, 3.8) is 0 Å². The average Bonchev–Trinajstić information content (AvgIpc) is 2.75. The maximum absolute atomic E-state index is 2.44. The number of halogens is 1. The summed E-state index contributed by atoms with van der Waals surface area (Å²) in [6.45, 7) is 9.50. The molecule has 0 saturated heterocycles. The topological polar surface area (TPSA) is 0 Å². The second-order valence-corrected chi connectivity index (χ2v) is 5.29. The van der Waals surface area contributed by atoms with Crippen LogP contribution in [0.15, 0.2) is 24.0 Å². The zero-order chi connectivity index (χ0) is 12.6. The van der Waals surface area contributed by atoms with Crippen LogP contribution < -0.4 is 12.4 Å². The molecule has 0 amide bonds. The zero-order valence-electron chi connectivity index (χ0n) is 12.4. The van der Waals surface area contributed by atoms with Gasteiger partial charge in [0.25, 0.3) is 0 Å². The molecule has 1 aliphatic heterocycles. The lowest BCUT2D eigenvalue weighted by Gasteiger charge is -2.34. The number of nitrogens with zero attached hydrogens (tertiary/aromatic N) is 1. The molecule has 0 fully saturated rings. The van der Waals surface area contributed by atoms with Crippen molar-refractivity contribution in [3.05, 3.63) is 24.0 Å². The molecule has 1 rings (SSSR count). The molecule has 0 aromatic carbocycles. The monoisotopic (exact) mass is 271 g/mol. The minimum absolute atomic E-state index is 0. The van der Waals surface area contributed by atoms with Crippen molar-refractivity contribution in [2.45, 2.75) is 65.7 Å². The van der Waals surface area contributed by atoms with Gasteiger partial charge in [-0.15, -0.1) is 0 Å². The summed E-state index contributed by atoms with van der Waals surface area (Å²) in [4.78, 5) is 0. The Balaban J connectivity index is 0.00000289. The van der Waals surface area contributed by atoms with Gasteiger partial charge < -0.3 is 12.4 Å². The van der Waals surface area contributed by atoms with Crippen LogP contribution in [0.2, 0.25) is 0 Å². The molecule has 18 heavy (non-hydrogen) atoms. The van der Waals surface area contributed by atoms with Crippen LogP contribution in [0.1, 0.15) is 65.7 Å². The van der Waals surface area contributed by atoms with Crippen LogP contribution in [0.3, 0.4) is 0 Å². The summed E-state index contributed by atoms with van der Waals surface area (Å²) in [7, 11) is 0. The molecule has 0 aromatic heterocycles. The first-order valence-electron chi connectivity index (χ1n) is 7.54. The summed E-state index contributed by atoms with van der Waals surface area (Å²) in [5.74, 6) is 0. The summed E-state index contributed by atoms with van der Waals surface area (Å²) < 4.78 is 1.17. The van der Waals surface area contributed by atoms with Crippen molar-refractivity contribution < 1.29 is 16.9 Å². The fourth-order valence-electron chi connectivity index (χ4n) is 2.66. The lowest BCUT2D eigenvalue weighted by molar-refractivity contribution is -0.841. The van der Waals surface area contributed by atoms with E-state index in [1.54, 1.807) is 5.70 Å². The highest BCUT2D eigenvalue weighted by atomic mass is 35.5. The summed E-state index contributed by atoms with van der Waals surface area (Å²) in [5.41, 5.74) is 1.66. The van der Waals surface area contributed by atoms with Gasteiger partial charge in [-0.05, 0) is 25.3 Å². The van der Waals surface area contributed by atoms with Gasteiger partial charge in [-0.1, -0.05) is 40.0 Å². The summed E-state index contributed by atoms with van der Waals surface area (Å²) in [5, 5.41) is 0. The van der Waals surface area contributed by atoms with E-state index >= 15 is 0 Å². The van der Waals surface area contributed by atoms with E-state index in [4.69, 9.17) is 0 Å². The van der Waals surface area contributed by atoms with Crippen molar-refractivity contribution in [2.75, 3.05) is 13.1 Å². The van der Waals surface area contributed by atoms with Crippen molar-refractivity contribution in [2.24, 2.45) is 0 Å². The SMILES string of the molecule is CCCCC1=CC=C[N+]1(CCCC)CCCC.[Cl-]. The first-order chi connectivity index (χ1) is 8.29. The quantitative estimate of drug-likeness (QED) is 0.563. The standard InChI is InChI=1S/C16H30N.ClH/c1-4-7-11-16-12-10-15-17(16,13-8-5-2)14-9-6-3;/h10,12,15H,4-9,11,13-14H2,1-3H3;1H/q+1;/p-1. The van der Waals surface area contributed by atoms with Gasteiger partial charge in [0.15, 0.2) is 0 Å². The minimum Gasteiger partial charge on any atom is -1.00 e. The number of rotatable bonds is 9. The molecule has 0 N–H and O–H groups in total. The van der Waals surface area contributed by atoms with E-state index in [2.05, 4.69) is 39.1 Å². The molecule has 0 aliphatic carbocycles. The van der Waals surface area contributed by atoms with Crippen molar-refractivity contribution in [1.82, 2.24) is 0 Å². The Hall–Kier alpha value is -0.270. The van der Waals surface area contributed by atoms with Crippen molar-refractivity contribution in [1.29, 1.82) is 0 Å². The summed E-state index contributed by atoms with van der Waals surface area (Å²) in [6.07, 6.45) is 16.3. The molecule has 0 saturated carbocycles. The molecule has 0 atom stereocenters. The van der Waals surface area contributed by atoms with Crippen LogP contribution >= 0.6 is 0 Å². The van der Waals surface area contributed by atoms with Crippen LogP contribution in [0.5, 0.6) is 0 Å². The smallest absolute Gasteiger partial charge is 0.114 e. The summed E-state index contributed by atoms with van der Waals surface area (Å²) in [6, 6.07) is 0. The third-order valence-electron chi connectivity index (χ3n) is 3.84. The fraction of sp³-hybridized carbons (Fsp3) is 0.750. The Morgan fingerprint density at radius 3 is 1.94 bits per heavy atom. The van der Waals surface area contributed by atoms with Gasteiger partial charge in [0.05, 0.1) is 13.1 Å². The average molecular weight is 272 g/mol. The van der Waals surface area contributed by atoms with Gasteiger partial charge in [0.1, 0.15) is 11.9 Å². The Morgan fingerprint density at radius 1 is 0.889 bits per heavy atom. The van der Waals surface area contributed by atoms with Gasteiger partial charge in [0, 0.05) is 12.5 Å². The van der Waals surface area contributed by atoms with Crippen LogP contribution in [-0.4, -0.2) is 17.6 Å². The molecule has 0 spiro atoms. The fourth-order valence-corrected chi connectivity index (χ4v) is 2.66. The van der Waals surface area contributed by atoms with E-state index in [-0.39, 0.29) is 12.4 Å². The molecule has 0 aromatic rings. The Labute approximate surface area is 120 Å². The molecule has 1 nitrogen and oxygen atoms in total. The van der Waals surface area contributed by atoms with Gasteiger partial charge in [-0.25, -0.2) is 0 Å². The first-order valence-corrected chi connectivity index (χ1v) is 7.54. The lowest BCUT2D eigenvalue weighted by Crippen LogP contribution is -3.00. The van der Waals surface area contributed by atoms with Crippen LogP contribution in [-0.2, 0) is 0 Å². The third kappa shape index (κ3) is 4.78. The molecule has 2 heteroatoms. The van der Waals surface area contributed by atoms with E-state index in [9.17, 15) is 0 Å². The van der Waals surface area contributed by atoms with Gasteiger partial charge >= 0.3 is 0 Å². The number of hydrogen-bond acceptors (Lipinski definition) is 0. The maximum Gasteiger partial charge on any atom is 0.114 e. The molecule has 106 valence electrons. The number of allylic oxidation sites excluding steroid dienone is 3. The van der Waals surface area contributed by atoms with E-state index < -0.39 is 0 Å². The minimum atomic E-state index is 0. The first kappa shape index (κ1) is 17.7. The molecule has 0 bridgehead atoms. The van der Waals surface area contributed by atoms with E-state index in [1.807, 2.05) is 0 Å². The molecule has 1 aliphatic rings. The molecule has 0 radical (unpaired) electrons. The van der Waals surface area contributed by atoms with Crippen molar-refractivity contribution in [3.8, 4) is 0 Å². The Morgan fingerprint density at radius 2 is 1.44 bits per heavy atom. The predicted octanol–water partition coefficient (Wildman–Crippen LogP) is 2.01.